The van der Waals surface area contributed by atoms with Gasteiger partial charge in [0, 0.05) is 13.1 Å². The van der Waals surface area contributed by atoms with Crippen molar-refractivity contribution in [1.29, 1.82) is 5.26 Å². The van der Waals surface area contributed by atoms with Crippen molar-refractivity contribution < 1.29 is 0 Å². The number of anilines is 2. The van der Waals surface area contributed by atoms with Gasteiger partial charge in [-0.15, -0.1) is 20.5 Å². The first-order valence-electron chi connectivity index (χ1n) is 16.8. The number of aryl methyl sites for hydroxylation is 2. The molecule has 50 heavy (non-hydrogen) atoms. The first kappa shape index (κ1) is 33.0. The largest absolute Gasteiger partial charge is 0.382 e. The Bertz CT molecular complexity index is 1830. The highest BCUT2D eigenvalue weighted by molar-refractivity contribution is 5.64. The molecule has 3 fully saturated rings. The van der Waals surface area contributed by atoms with Crippen LogP contribution in [0.3, 0.4) is 0 Å². The van der Waals surface area contributed by atoms with Crippen molar-refractivity contribution in [3.05, 3.63) is 40.8 Å². The lowest BCUT2D eigenvalue weighted by Crippen LogP contribution is -2.50. The number of nitrogens with zero attached hydrogens (tertiary/aromatic N) is 14. The summed E-state index contributed by atoms with van der Waals surface area (Å²) in [6.07, 6.45) is 8.45. The number of hydrogen-bond acceptors (Lipinski definition) is 15. The molecule has 8 N–H and O–H groups in total. The average Bonchev–Trinajstić information content (AvgIpc) is 3.90. The molecule has 0 aromatic carbocycles. The van der Waals surface area contributed by atoms with Crippen LogP contribution < -0.4 is 32.7 Å². The summed E-state index contributed by atoms with van der Waals surface area (Å²) in [4.78, 5) is 3.59. The maximum Gasteiger partial charge on any atom is 0.251 e. The van der Waals surface area contributed by atoms with Gasteiger partial charge in [-0.25, -0.2) is 23.6 Å². The third-order valence-corrected chi connectivity index (χ3v) is 9.27. The van der Waals surface area contributed by atoms with Gasteiger partial charge < -0.3 is 11.5 Å². The minimum absolute atomic E-state index is 0.0450. The van der Waals surface area contributed by atoms with Crippen LogP contribution in [0, 0.1) is 31.8 Å². The van der Waals surface area contributed by atoms with Crippen LogP contribution in [-0.4, -0.2) is 65.3 Å². The standard InChI is InChI=1S/C30H40N20/c1-17-25(41-43-29-19(12-31)13-39-49(29)21-8-4-6-10-35-21)27(32)47(45-17)23-15-38-24(16-37-23)48-28(33)26(18(2)46-48)42-44-30-20(34-3)14-40-50(30)22-9-5-7-11-36-22/h13-14,21-24,35-38H,4-11,15-16,32-33H2,1-2H3. The first-order chi connectivity index (χ1) is 24.4. The number of nitrogens with two attached hydrogens (primary N) is 2. The number of azo groups is 2. The molecule has 4 atom stereocenters. The Labute approximate surface area is 287 Å². The number of piperazine rings is 1. The molecule has 4 unspecified atom stereocenters. The van der Waals surface area contributed by atoms with E-state index in [1.165, 1.54) is 12.4 Å². The molecule has 3 saturated heterocycles. The second-order valence-electron chi connectivity index (χ2n) is 12.6. The summed E-state index contributed by atoms with van der Waals surface area (Å²) in [5.41, 5.74) is 15.8. The minimum atomic E-state index is -0.293. The summed E-state index contributed by atoms with van der Waals surface area (Å²) < 4.78 is 6.79. The number of nitrogen functional groups attached to an aromatic ring is 2. The summed E-state index contributed by atoms with van der Waals surface area (Å²) in [5.74, 6) is 1.44. The topological polar surface area (TPSA) is 249 Å². The zero-order valence-corrected chi connectivity index (χ0v) is 28.0. The number of piperidine rings is 2. The summed E-state index contributed by atoms with van der Waals surface area (Å²) in [5, 5.41) is 59.4. The molecule has 4 aromatic heterocycles. The van der Waals surface area contributed by atoms with E-state index >= 15 is 0 Å². The van der Waals surface area contributed by atoms with E-state index in [4.69, 9.17) is 18.0 Å². The number of aromatic nitrogens is 8. The second-order valence-corrected chi connectivity index (χ2v) is 12.6. The van der Waals surface area contributed by atoms with Crippen LogP contribution in [0.1, 0.15) is 80.1 Å². The summed E-state index contributed by atoms with van der Waals surface area (Å²) in [6, 6.07) is 2.16. The molecule has 7 rings (SSSR count). The van der Waals surface area contributed by atoms with Gasteiger partial charge >= 0.3 is 0 Å². The molecule has 4 aromatic rings. The highest BCUT2D eigenvalue weighted by Gasteiger charge is 2.29. The monoisotopic (exact) mass is 680 g/mol. The summed E-state index contributed by atoms with van der Waals surface area (Å²) in [7, 11) is 0. The predicted molar refractivity (Wildman–Crippen MR) is 182 cm³/mol. The van der Waals surface area contributed by atoms with E-state index in [0.717, 1.165) is 51.6 Å². The van der Waals surface area contributed by atoms with Crippen LogP contribution in [0.25, 0.3) is 4.85 Å². The van der Waals surface area contributed by atoms with Crippen LogP contribution in [0.15, 0.2) is 32.9 Å². The van der Waals surface area contributed by atoms with Crippen molar-refractivity contribution in [2.75, 3.05) is 37.6 Å². The van der Waals surface area contributed by atoms with Gasteiger partial charge in [0.25, 0.3) is 5.69 Å². The van der Waals surface area contributed by atoms with Gasteiger partial charge in [0.15, 0.2) is 34.6 Å². The highest BCUT2D eigenvalue weighted by Crippen LogP contribution is 2.37. The predicted octanol–water partition coefficient (Wildman–Crippen LogP) is 3.94. The lowest BCUT2D eigenvalue weighted by atomic mass is 10.1. The van der Waals surface area contributed by atoms with Gasteiger partial charge in [0.1, 0.15) is 36.3 Å². The van der Waals surface area contributed by atoms with Crippen molar-refractivity contribution in [3.8, 4) is 6.07 Å². The smallest absolute Gasteiger partial charge is 0.251 e. The number of rotatable bonds is 8. The van der Waals surface area contributed by atoms with Crippen molar-refractivity contribution in [2.45, 2.75) is 77.0 Å². The third kappa shape index (κ3) is 6.20. The number of nitrogens with one attached hydrogen (secondary N) is 4. The van der Waals surface area contributed by atoms with E-state index in [0.29, 0.717) is 70.4 Å². The molecule has 0 radical (unpaired) electrons. The Morgan fingerprint density at radius 2 is 1.26 bits per heavy atom. The lowest BCUT2D eigenvalue weighted by Gasteiger charge is -2.32. The zero-order chi connectivity index (χ0) is 34.8. The van der Waals surface area contributed by atoms with Crippen LogP contribution >= 0.6 is 0 Å². The molecule has 0 bridgehead atoms. The average molecular weight is 681 g/mol. The molecule has 3 aliphatic rings. The molecule has 20 heteroatoms. The quantitative estimate of drug-likeness (QED) is 0.115. The van der Waals surface area contributed by atoms with Crippen molar-refractivity contribution in [1.82, 2.24) is 60.4 Å². The fourth-order valence-corrected chi connectivity index (χ4v) is 6.61. The fourth-order valence-electron chi connectivity index (χ4n) is 6.61. The van der Waals surface area contributed by atoms with Crippen molar-refractivity contribution >= 4 is 40.3 Å². The van der Waals surface area contributed by atoms with Crippen LogP contribution in [0.4, 0.5) is 40.3 Å². The van der Waals surface area contributed by atoms with Crippen LogP contribution in [0.5, 0.6) is 0 Å². The molecule has 0 spiro atoms. The molecule has 260 valence electrons. The normalized spacial score (nSPS) is 23.0. The Balaban J connectivity index is 1.05. The maximum absolute atomic E-state index is 9.67. The van der Waals surface area contributed by atoms with E-state index in [2.05, 4.69) is 73.0 Å². The molecule has 20 nitrogen and oxygen atoms in total. The van der Waals surface area contributed by atoms with E-state index in [9.17, 15) is 5.26 Å². The Hall–Kier alpha value is -5.54. The molecule has 3 aliphatic heterocycles. The minimum Gasteiger partial charge on any atom is -0.382 e. The van der Waals surface area contributed by atoms with E-state index in [-0.39, 0.29) is 24.7 Å². The first-order valence-corrected chi connectivity index (χ1v) is 16.8. The van der Waals surface area contributed by atoms with Gasteiger partial charge in [0.2, 0.25) is 0 Å². The molecule has 0 amide bonds. The Kier molecular flexibility index (Phi) is 9.32. The highest BCUT2D eigenvalue weighted by atomic mass is 15.5. The number of nitriles is 1. The molecule has 0 saturated carbocycles. The Morgan fingerprint density at radius 3 is 1.74 bits per heavy atom. The lowest BCUT2D eigenvalue weighted by molar-refractivity contribution is 0.224. The van der Waals surface area contributed by atoms with Gasteiger partial charge in [-0.2, -0.15) is 25.7 Å². The van der Waals surface area contributed by atoms with Gasteiger partial charge in [0.05, 0.1) is 30.4 Å². The molecular formula is C30H40N20. The summed E-state index contributed by atoms with van der Waals surface area (Å²) >= 11 is 0. The second kappa shape index (κ2) is 14.1. The molecular weight excluding hydrogens is 640 g/mol. The zero-order valence-electron chi connectivity index (χ0n) is 28.0. The molecule has 0 aliphatic carbocycles. The van der Waals surface area contributed by atoms with E-state index in [1.807, 2.05) is 13.8 Å². The van der Waals surface area contributed by atoms with Crippen LogP contribution in [0.2, 0.25) is 0 Å². The Morgan fingerprint density at radius 1 is 0.740 bits per heavy atom. The van der Waals surface area contributed by atoms with Gasteiger partial charge in [-0.05, 0) is 65.5 Å². The third-order valence-electron chi connectivity index (χ3n) is 9.27. The number of hydrogen-bond donors (Lipinski definition) is 6. The van der Waals surface area contributed by atoms with Gasteiger partial charge in [-0.3, -0.25) is 21.3 Å². The molecule has 7 heterocycles. The maximum atomic E-state index is 9.67. The SMILES string of the molecule is [C-]#[N+]c1cnn(C2CCCCN2)c1N=Nc1c(C)nn(C2CNC(n3nc(C)c(N=Nc4c(C#N)cnn4C4CCCCN4)c3N)CN2)c1N. The van der Waals surface area contributed by atoms with Crippen LogP contribution in [-0.2, 0) is 0 Å². The van der Waals surface area contributed by atoms with E-state index in [1.54, 1.807) is 18.7 Å². The summed E-state index contributed by atoms with van der Waals surface area (Å²) in [6.45, 7) is 13.9. The van der Waals surface area contributed by atoms with E-state index < -0.39 is 0 Å². The fraction of sp³-hybridized carbons (Fsp3) is 0.533. The van der Waals surface area contributed by atoms with Crippen molar-refractivity contribution in [3.63, 3.8) is 0 Å². The van der Waals surface area contributed by atoms with Gasteiger partial charge in [-0.1, -0.05) is 0 Å². The van der Waals surface area contributed by atoms with Crippen molar-refractivity contribution in [2.24, 2.45) is 20.5 Å².